The summed E-state index contributed by atoms with van der Waals surface area (Å²) in [7, 11) is 0. The van der Waals surface area contributed by atoms with Crippen molar-refractivity contribution < 1.29 is 23.8 Å². The fourth-order valence-corrected chi connectivity index (χ4v) is 5.78. The number of benzene rings is 4. The van der Waals surface area contributed by atoms with Crippen molar-refractivity contribution in [1.29, 1.82) is 0 Å². The Morgan fingerprint density at radius 2 is 1.62 bits per heavy atom. The van der Waals surface area contributed by atoms with E-state index in [4.69, 9.17) is 25.8 Å². The van der Waals surface area contributed by atoms with Gasteiger partial charge in [-0.15, -0.1) is 0 Å². The van der Waals surface area contributed by atoms with Crippen molar-refractivity contribution >= 4 is 29.1 Å². The minimum atomic E-state index is -1.00. The molecule has 7 nitrogen and oxygen atoms in total. The van der Waals surface area contributed by atoms with Crippen LogP contribution in [0.3, 0.4) is 0 Å². The number of hydrogen-bond donors (Lipinski definition) is 1. The summed E-state index contributed by atoms with van der Waals surface area (Å²) in [6.45, 7) is 0.921. The number of ether oxygens (including phenoxy) is 3. The maximum Gasteiger partial charge on any atom is 0.251 e. The van der Waals surface area contributed by atoms with E-state index in [1.54, 1.807) is 29.2 Å². The Kier molecular flexibility index (Phi) is 5.49. The van der Waals surface area contributed by atoms with Gasteiger partial charge in [-0.2, -0.15) is 0 Å². The fraction of sp³-hybridized carbons (Fsp3) is 0.161. The summed E-state index contributed by atoms with van der Waals surface area (Å²) in [5.74, 6) is 1.52. The molecule has 0 saturated heterocycles. The van der Waals surface area contributed by atoms with E-state index in [0.29, 0.717) is 34.4 Å². The van der Waals surface area contributed by atoms with Crippen LogP contribution < -0.4 is 24.4 Å². The summed E-state index contributed by atoms with van der Waals surface area (Å²) in [4.78, 5) is 29.3. The SMILES string of the molecule is O=C(NCc1ccc(Cl)cc1)c1ccccc1CN1C(=O)C2(COc3cc4c(cc32)OCO4)c2ccccc21. The van der Waals surface area contributed by atoms with Crippen LogP contribution in [0.25, 0.3) is 0 Å². The lowest BCUT2D eigenvalue weighted by Crippen LogP contribution is -2.42. The number of carbonyl (C=O) groups is 2. The summed E-state index contributed by atoms with van der Waals surface area (Å²) in [6.07, 6.45) is 0. The monoisotopic (exact) mass is 538 g/mol. The van der Waals surface area contributed by atoms with E-state index in [2.05, 4.69) is 5.32 Å². The van der Waals surface area contributed by atoms with Gasteiger partial charge in [0.05, 0.1) is 6.54 Å². The van der Waals surface area contributed by atoms with Crippen molar-refractivity contribution in [2.75, 3.05) is 18.3 Å². The summed E-state index contributed by atoms with van der Waals surface area (Å²) >= 11 is 5.98. The molecule has 4 aromatic rings. The van der Waals surface area contributed by atoms with Gasteiger partial charge in [-0.25, -0.2) is 0 Å². The predicted molar refractivity (Wildman–Crippen MR) is 146 cm³/mol. The molecule has 3 aliphatic rings. The zero-order valence-electron chi connectivity index (χ0n) is 20.8. The molecule has 7 rings (SSSR count). The lowest BCUT2D eigenvalue weighted by atomic mass is 9.77. The molecule has 39 heavy (non-hydrogen) atoms. The van der Waals surface area contributed by atoms with Crippen LogP contribution >= 0.6 is 11.6 Å². The Labute approximate surface area is 229 Å². The third-order valence-electron chi connectivity index (χ3n) is 7.60. The van der Waals surface area contributed by atoms with Crippen LogP contribution in [0.4, 0.5) is 5.69 Å². The van der Waals surface area contributed by atoms with Crippen LogP contribution in [-0.2, 0) is 23.3 Å². The Morgan fingerprint density at radius 3 is 2.46 bits per heavy atom. The summed E-state index contributed by atoms with van der Waals surface area (Å²) in [5.41, 5.74) is 3.64. The average molecular weight is 539 g/mol. The molecule has 8 heteroatoms. The number of hydrogen-bond acceptors (Lipinski definition) is 5. The Bertz CT molecular complexity index is 1640. The van der Waals surface area contributed by atoms with E-state index < -0.39 is 5.41 Å². The van der Waals surface area contributed by atoms with Crippen LogP contribution in [0.2, 0.25) is 5.02 Å². The summed E-state index contributed by atoms with van der Waals surface area (Å²) < 4.78 is 17.2. The first-order valence-corrected chi connectivity index (χ1v) is 13.0. The average Bonchev–Trinajstić information content (AvgIpc) is 3.64. The van der Waals surface area contributed by atoms with E-state index in [1.807, 2.05) is 60.7 Å². The zero-order chi connectivity index (χ0) is 26.6. The van der Waals surface area contributed by atoms with Crippen LogP contribution in [0.5, 0.6) is 17.2 Å². The largest absolute Gasteiger partial charge is 0.491 e. The molecule has 3 aliphatic heterocycles. The molecule has 194 valence electrons. The van der Waals surface area contributed by atoms with Gasteiger partial charge in [0.15, 0.2) is 11.5 Å². The second kappa shape index (κ2) is 9.06. The maximum atomic E-state index is 14.3. The van der Waals surface area contributed by atoms with Crippen LogP contribution in [0.15, 0.2) is 84.9 Å². The highest BCUT2D eigenvalue weighted by atomic mass is 35.5. The molecule has 0 aromatic heterocycles. The van der Waals surface area contributed by atoms with Gasteiger partial charge in [-0.3, -0.25) is 9.59 Å². The number of halogens is 1. The molecule has 2 amide bonds. The number of carbonyl (C=O) groups excluding carboxylic acids is 2. The van der Waals surface area contributed by atoms with Gasteiger partial charge in [0.2, 0.25) is 12.7 Å². The minimum Gasteiger partial charge on any atom is -0.491 e. The topological polar surface area (TPSA) is 77.1 Å². The van der Waals surface area contributed by atoms with Gasteiger partial charge in [-0.1, -0.05) is 60.1 Å². The number of fused-ring (bicyclic) bond motifs is 5. The van der Waals surface area contributed by atoms with E-state index in [0.717, 1.165) is 27.9 Å². The standard InChI is InChI=1S/C31H23ClN2O5/c32-21-11-9-19(10-12-21)15-33-29(35)22-6-2-1-5-20(22)16-34-25-8-4-3-7-23(25)31(30(34)36)17-37-26-14-28-27(13-24(26)31)38-18-39-28/h1-14H,15-18H2,(H,33,35). The van der Waals surface area contributed by atoms with Gasteiger partial charge in [-0.05, 0) is 47.0 Å². The fourth-order valence-electron chi connectivity index (χ4n) is 5.65. The van der Waals surface area contributed by atoms with Crippen molar-refractivity contribution in [2.45, 2.75) is 18.5 Å². The molecule has 1 spiro atoms. The number of nitrogens with one attached hydrogen (secondary N) is 1. The number of para-hydroxylation sites is 1. The quantitative estimate of drug-likeness (QED) is 0.377. The lowest BCUT2D eigenvalue weighted by molar-refractivity contribution is -0.122. The van der Waals surface area contributed by atoms with Gasteiger partial charge in [0.25, 0.3) is 5.91 Å². The molecule has 3 heterocycles. The van der Waals surface area contributed by atoms with Crippen molar-refractivity contribution in [3.05, 3.63) is 118 Å². The second-order valence-electron chi connectivity index (χ2n) is 9.77. The molecular weight excluding hydrogens is 516 g/mol. The van der Waals surface area contributed by atoms with Gasteiger partial charge in [0, 0.05) is 34.4 Å². The molecular formula is C31H23ClN2O5. The molecule has 4 aromatic carbocycles. The highest BCUT2D eigenvalue weighted by molar-refractivity contribution is 6.30. The van der Waals surface area contributed by atoms with Crippen molar-refractivity contribution in [1.82, 2.24) is 5.32 Å². The molecule has 0 saturated carbocycles. The smallest absolute Gasteiger partial charge is 0.251 e. The number of nitrogens with zero attached hydrogens (tertiary/aromatic N) is 1. The third kappa shape index (κ3) is 3.72. The summed E-state index contributed by atoms with van der Waals surface area (Å²) in [5, 5.41) is 3.63. The maximum absolute atomic E-state index is 14.3. The first-order valence-electron chi connectivity index (χ1n) is 12.6. The normalized spacial score (nSPS) is 18.2. The van der Waals surface area contributed by atoms with Gasteiger partial charge in [0.1, 0.15) is 17.8 Å². The molecule has 0 bridgehead atoms. The Balaban J connectivity index is 1.21. The van der Waals surface area contributed by atoms with Crippen molar-refractivity contribution in [2.24, 2.45) is 0 Å². The Morgan fingerprint density at radius 1 is 0.872 bits per heavy atom. The molecule has 1 N–H and O–H groups in total. The highest BCUT2D eigenvalue weighted by Gasteiger charge is 2.57. The predicted octanol–water partition coefficient (Wildman–Crippen LogP) is 5.22. The summed E-state index contributed by atoms with van der Waals surface area (Å²) in [6, 6.07) is 26.1. The van der Waals surface area contributed by atoms with Crippen molar-refractivity contribution in [3.63, 3.8) is 0 Å². The lowest BCUT2D eigenvalue weighted by Gasteiger charge is -2.24. The minimum absolute atomic E-state index is 0.0994. The molecule has 0 aliphatic carbocycles. The molecule has 1 atom stereocenters. The second-order valence-corrected chi connectivity index (χ2v) is 10.2. The van der Waals surface area contributed by atoms with Crippen LogP contribution in [0.1, 0.15) is 32.6 Å². The third-order valence-corrected chi connectivity index (χ3v) is 7.85. The van der Waals surface area contributed by atoms with Gasteiger partial charge < -0.3 is 24.4 Å². The Hall–Kier alpha value is -4.49. The molecule has 0 fully saturated rings. The zero-order valence-corrected chi connectivity index (χ0v) is 21.5. The van der Waals surface area contributed by atoms with Gasteiger partial charge >= 0.3 is 0 Å². The number of amides is 2. The number of rotatable bonds is 5. The number of anilines is 1. The van der Waals surface area contributed by atoms with Crippen LogP contribution in [0, 0.1) is 0 Å². The van der Waals surface area contributed by atoms with E-state index in [-0.39, 0.29) is 31.8 Å². The van der Waals surface area contributed by atoms with E-state index in [9.17, 15) is 9.59 Å². The first-order chi connectivity index (χ1) is 19.0. The molecule has 0 radical (unpaired) electrons. The van der Waals surface area contributed by atoms with E-state index >= 15 is 0 Å². The highest BCUT2D eigenvalue weighted by Crippen LogP contribution is 2.55. The molecule has 1 unspecified atom stereocenters. The van der Waals surface area contributed by atoms with E-state index in [1.165, 1.54) is 0 Å². The van der Waals surface area contributed by atoms with Crippen LogP contribution in [-0.4, -0.2) is 25.2 Å². The first kappa shape index (κ1) is 23.6. The van der Waals surface area contributed by atoms with Crippen molar-refractivity contribution in [3.8, 4) is 17.2 Å².